The zero-order valence-electron chi connectivity index (χ0n) is 11.2. The molecule has 2 atom stereocenters. The van der Waals surface area contributed by atoms with E-state index >= 15 is 0 Å². The second-order valence-electron chi connectivity index (χ2n) is 5.12. The Hall–Kier alpha value is -1.58. The predicted molar refractivity (Wildman–Crippen MR) is 83.2 cm³/mol. The Morgan fingerprint density at radius 3 is 2.43 bits per heavy atom. The first-order valence-corrected chi connectivity index (χ1v) is 7.47. The summed E-state index contributed by atoms with van der Waals surface area (Å²) in [6.45, 7) is 0. The number of alkyl halides is 2. The zero-order chi connectivity index (χ0) is 14.9. The fraction of sp³-hybridized carbons (Fsp3) is 0.250. The number of hydrogen-bond donors (Lipinski definition) is 1. The molecule has 1 aliphatic carbocycles. The van der Waals surface area contributed by atoms with Crippen molar-refractivity contribution in [1.82, 2.24) is 10.3 Å². The highest BCUT2D eigenvalue weighted by Gasteiger charge is 2.56. The van der Waals surface area contributed by atoms with Crippen LogP contribution in [0.5, 0.6) is 0 Å². The van der Waals surface area contributed by atoms with Crippen molar-refractivity contribution in [2.75, 3.05) is 0 Å². The van der Waals surface area contributed by atoms with Gasteiger partial charge in [0.15, 0.2) is 0 Å². The third-order valence-corrected chi connectivity index (χ3v) is 4.38. The van der Waals surface area contributed by atoms with Crippen LogP contribution in [0.4, 0.5) is 0 Å². The Morgan fingerprint density at radius 2 is 1.86 bits per heavy atom. The molecule has 1 N–H and O–H groups in total. The number of carbonyl (C=O) groups excluding carboxylic acids is 1. The van der Waals surface area contributed by atoms with Crippen LogP contribution in [0.3, 0.4) is 0 Å². The second-order valence-corrected chi connectivity index (χ2v) is 6.67. The first-order chi connectivity index (χ1) is 10.1. The van der Waals surface area contributed by atoms with Crippen LogP contribution >= 0.6 is 23.2 Å². The molecule has 3 nitrogen and oxygen atoms in total. The molecule has 2 aromatic rings. The van der Waals surface area contributed by atoms with Crippen LogP contribution < -0.4 is 5.32 Å². The molecule has 1 aromatic heterocycles. The molecule has 1 heterocycles. The number of nitrogens with one attached hydrogen (secondary N) is 1. The standard InChI is InChI=1S/C16H14Cl2N2O/c17-16(18)10-12(16)15(21)20-14(11-6-2-1-3-7-11)13-8-4-5-9-19-13/h1-9,12,14H,10H2,(H,20,21). The summed E-state index contributed by atoms with van der Waals surface area (Å²) in [5, 5.41) is 3.00. The van der Waals surface area contributed by atoms with E-state index < -0.39 is 4.33 Å². The third-order valence-electron chi connectivity index (χ3n) is 3.55. The van der Waals surface area contributed by atoms with Crippen molar-refractivity contribution < 1.29 is 4.79 Å². The highest BCUT2D eigenvalue weighted by atomic mass is 35.5. The number of rotatable bonds is 4. The smallest absolute Gasteiger partial charge is 0.227 e. The molecule has 1 saturated carbocycles. The maximum atomic E-state index is 12.3. The van der Waals surface area contributed by atoms with Crippen molar-refractivity contribution in [3.8, 4) is 0 Å². The average Bonchev–Trinajstić information content (AvgIpc) is 3.15. The van der Waals surface area contributed by atoms with Gasteiger partial charge >= 0.3 is 0 Å². The van der Waals surface area contributed by atoms with E-state index in [1.165, 1.54) is 0 Å². The molecule has 21 heavy (non-hydrogen) atoms. The van der Waals surface area contributed by atoms with Crippen LogP contribution in [0.15, 0.2) is 54.7 Å². The quantitative estimate of drug-likeness (QED) is 0.876. The molecular weight excluding hydrogens is 307 g/mol. The van der Waals surface area contributed by atoms with Gasteiger partial charge in [0.25, 0.3) is 0 Å². The fourth-order valence-corrected chi connectivity index (χ4v) is 2.77. The lowest BCUT2D eigenvalue weighted by atomic mass is 10.0. The number of benzene rings is 1. The Kier molecular flexibility index (Phi) is 3.87. The van der Waals surface area contributed by atoms with Gasteiger partial charge in [-0.05, 0) is 24.1 Å². The summed E-state index contributed by atoms with van der Waals surface area (Å²) in [4.78, 5) is 16.6. The lowest BCUT2D eigenvalue weighted by Gasteiger charge is -2.19. The van der Waals surface area contributed by atoms with E-state index in [0.29, 0.717) is 6.42 Å². The number of hydrogen-bond acceptors (Lipinski definition) is 2. The number of pyridine rings is 1. The van der Waals surface area contributed by atoms with E-state index in [-0.39, 0.29) is 17.9 Å². The molecule has 5 heteroatoms. The third kappa shape index (κ3) is 3.20. The molecule has 108 valence electrons. The van der Waals surface area contributed by atoms with Crippen molar-refractivity contribution >= 4 is 29.1 Å². The van der Waals surface area contributed by atoms with Crippen LogP contribution in [0, 0.1) is 5.92 Å². The van der Waals surface area contributed by atoms with E-state index in [1.807, 2.05) is 48.5 Å². The highest BCUT2D eigenvalue weighted by molar-refractivity contribution is 6.52. The number of carbonyl (C=O) groups is 1. The van der Waals surface area contributed by atoms with Crippen LogP contribution in [-0.2, 0) is 4.79 Å². The summed E-state index contributed by atoms with van der Waals surface area (Å²) in [5.74, 6) is -0.490. The van der Waals surface area contributed by atoms with Gasteiger partial charge in [-0.3, -0.25) is 9.78 Å². The van der Waals surface area contributed by atoms with Crippen LogP contribution in [0.2, 0.25) is 0 Å². The molecule has 0 saturated heterocycles. The van der Waals surface area contributed by atoms with Gasteiger partial charge in [0.05, 0.1) is 17.7 Å². The summed E-state index contributed by atoms with van der Waals surface area (Å²) in [7, 11) is 0. The van der Waals surface area contributed by atoms with Gasteiger partial charge in [-0.15, -0.1) is 23.2 Å². The molecular formula is C16H14Cl2N2O. The van der Waals surface area contributed by atoms with E-state index in [2.05, 4.69) is 10.3 Å². The lowest BCUT2D eigenvalue weighted by molar-refractivity contribution is -0.122. The van der Waals surface area contributed by atoms with Gasteiger partial charge < -0.3 is 5.32 Å². The summed E-state index contributed by atoms with van der Waals surface area (Å²) >= 11 is 11.9. The number of amides is 1. The molecule has 3 rings (SSSR count). The fourth-order valence-electron chi connectivity index (χ4n) is 2.26. The van der Waals surface area contributed by atoms with Gasteiger partial charge in [-0.25, -0.2) is 0 Å². The summed E-state index contributed by atoms with van der Waals surface area (Å²) in [6.07, 6.45) is 2.20. The Bertz CT molecular complexity index is 592. The van der Waals surface area contributed by atoms with Crippen LogP contribution in [0.1, 0.15) is 23.7 Å². The summed E-state index contributed by atoms with van der Waals surface area (Å²) in [6, 6.07) is 15.0. The van der Waals surface area contributed by atoms with Gasteiger partial charge in [-0.1, -0.05) is 36.4 Å². The van der Waals surface area contributed by atoms with Crippen molar-refractivity contribution in [3.05, 3.63) is 66.0 Å². The minimum absolute atomic E-state index is 0.139. The first kappa shape index (κ1) is 14.4. The SMILES string of the molecule is O=C(NC(c1ccccc1)c1ccccn1)C1CC1(Cl)Cl. The predicted octanol–water partition coefficient (Wildman–Crippen LogP) is 3.48. The maximum Gasteiger partial charge on any atom is 0.227 e. The Balaban J connectivity index is 1.85. The summed E-state index contributed by atoms with van der Waals surface area (Å²) in [5.41, 5.74) is 1.76. The van der Waals surface area contributed by atoms with Crippen LogP contribution in [0.25, 0.3) is 0 Å². The highest BCUT2D eigenvalue weighted by Crippen LogP contribution is 2.53. The molecule has 1 fully saturated rings. The van der Waals surface area contributed by atoms with Crippen molar-refractivity contribution in [3.63, 3.8) is 0 Å². The molecule has 1 aromatic carbocycles. The molecule has 0 bridgehead atoms. The first-order valence-electron chi connectivity index (χ1n) is 6.72. The normalized spacial score (nSPS) is 20.6. The topological polar surface area (TPSA) is 42.0 Å². The number of halogens is 2. The number of aromatic nitrogens is 1. The van der Waals surface area contributed by atoms with Crippen molar-refractivity contribution in [2.24, 2.45) is 5.92 Å². The van der Waals surface area contributed by atoms with Crippen molar-refractivity contribution in [1.29, 1.82) is 0 Å². The molecule has 0 spiro atoms. The Morgan fingerprint density at radius 1 is 1.19 bits per heavy atom. The molecule has 0 aliphatic heterocycles. The van der Waals surface area contributed by atoms with Gasteiger partial charge in [0.1, 0.15) is 4.33 Å². The van der Waals surface area contributed by atoms with Gasteiger partial charge in [0.2, 0.25) is 5.91 Å². The van der Waals surface area contributed by atoms with E-state index in [4.69, 9.17) is 23.2 Å². The summed E-state index contributed by atoms with van der Waals surface area (Å²) < 4.78 is -0.921. The molecule has 1 amide bonds. The minimum Gasteiger partial charge on any atom is -0.343 e. The monoisotopic (exact) mass is 320 g/mol. The molecule has 2 unspecified atom stereocenters. The Labute approximate surface area is 133 Å². The zero-order valence-corrected chi connectivity index (χ0v) is 12.7. The second kappa shape index (κ2) is 5.66. The van der Waals surface area contributed by atoms with E-state index in [1.54, 1.807) is 6.20 Å². The van der Waals surface area contributed by atoms with Gasteiger partial charge in [-0.2, -0.15) is 0 Å². The van der Waals surface area contributed by atoms with Crippen LogP contribution in [-0.4, -0.2) is 15.2 Å². The van der Waals surface area contributed by atoms with Crippen molar-refractivity contribution in [2.45, 2.75) is 16.8 Å². The van der Waals surface area contributed by atoms with E-state index in [0.717, 1.165) is 11.3 Å². The largest absolute Gasteiger partial charge is 0.343 e. The van der Waals surface area contributed by atoms with Gasteiger partial charge in [0, 0.05) is 6.20 Å². The molecule has 1 aliphatic rings. The van der Waals surface area contributed by atoms with E-state index in [9.17, 15) is 4.79 Å². The average molecular weight is 321 g/mol. The lowest BCUT2D eigenvalue weighted by Crippen LogP contribution is -2.32. The maximum absolute atomic E-state index is 12.3. The minimum atomic E-state index is -0.921. The number of nitrogens with zero attached hydrogens (tertiary/aromatic N) is 1. The molecule has 0 radical (unpaired) electrons.